The fraction of sp³-hybridized carbons (Fsp3) is 0.0526. The van der Waals surface area contributed by atoms with Crippen LogP contribution in [0.15, 0.2) is 48.7 Å². The summed E-state index contributed by atoms with van der Waals surface area (Å²) in [6.07, 6.45) is 1.84. The number of para-hydroxylation sites is 1. The van der Waals surface area contributed by atoms with E-state index in [0.717, 1.165) is 10.9 Å². The lowest BCUT2D eigenvalue weighted by atomic mass is 9.96. The number of aromatic nitrogens is 1. The summed E-state index contributed by atoms with van der Waals surface area (Å²) in [4.78, 5) is 25.0. The van der Waals surface area contributed by atoms with Crippen LogP contribution in [0.3, 0.4) is 0 Å². The number of rotatable bonds is 2. The Hall–Kier alpha value is -2.56. The number of hydrogen-bond donors (Lipinski definition) is 1. The molecule has 0 bridgehead atoms. The lowest BCUT2D eigenvalue weighted by molar-refractivity contribution is -0.122. The van der Waals surface area contributed by atoms with E-state index in [1.807, 2.05) is 42.1 Å². The van der Waals surface area contributed by atoms with Gasteiger partial charge in [-0.1, -0.05) is 53.5 Å². The van der Waals surface area contributed by atoms with Crippen LogP contribution in [-0.2, 0) is 16.6 Å². The minimum Gasteiger partial charge on any atom is -0.350 e. The summed E-state index contributed by atoms with van der Waals surface area (Å²) in [7, 11) is 1.90. The summed E-state index contributed by atoms with van der Waals surface area (Å²) in [6, 6.07) is 12.7. The van der Waals surface area contributed by atoms with E-state index in [1.54, 1.807) is 18.2 Å². The number of carbonyl (C=O) groups is 2. The molecule has 0 saturated carbocycles. The largest absolute Gasteiger partial charge is 0.350 e. The van der Waals surface area contributed by atoms with Gasteiger partial charge in [-0.15, -0.1) is 0 Å². The highest BCUT2D eigenvalue weighted by Gasteiger charge is 2.34. The SMILES string of the molecule is Cn1cc(C2=C(c3cccc(Cl)c3Cl)C(=O)NC2=O)c2ccccc21. The van der Waals surface area contributed by atoms with Gasteiger partial charge in [0.15, 0.2) is 0 Å². The van der Waals surface area contributed by atoms with Crippen LogP contribution in [0.5, 0.6) is 0 Å². The topological polar surface area (TPSA) is 51.1 Å². The van der Waals surface area contributed by atoms with Crippen LogP contribution in [0, 0.1) is 0 Å². The molecule has 4 nitrogen and oxygen atoms in total. The van der Waals surface area contributed by atoms with Crippen molar-refractivity contribution >= 4 is 57.1 Å². The zero-order valence-corrected chi connectivity index (χ0v) is 14.7. The lowest BCUT2D eigenvalue weighted by Crippen LogP contribution is -2.22. The van der Waals surface area contributed by atoms with Crippen molar-refractivity contribution in [2.45, 2.75) is 0 Å². The number of hydrogen-bond acceptors (Lipinski definition) is 2. The van der Waals surface area contributed by atoms with Crippen molar-refractivity contribution < 1.29 is 9.59 Å². The number of fused-ring (bicyclic) bond motifs is 1. The van der Waals surface area contributed by atoms with Crippen LogP contribution in [-0.4, -0.2) is 16.4 Å². The van der Waals surface area contributed by atoms with E-state index in [9.17, 15) is 9.59 Å². The number of aryl methyl sites for hydroxylation is 1. The van der Waals surface area contributed by atoms with Gasteiger partial charge in [-0.2, -0.15) is 0 Å². The first kappa shape index (κ1) is 15.9. The Morgan fingerprint density at radius 3 is 2.32 bits per heavy atom. The molecule has 1 aliphatic heterocycles. The molecule has 2 heterocycles. The third-order valence-corrected chi connectivity index (χ3v) is 5.14. The van der Waals surface area contributed by atoms with Crippen LogP contribution in [0.2, 0.25) is 10.0 Å². The van der Waals surface area contributed by atoms with E-state index in [4.69, 9.17) is 23.2 Å². The third kappa shape index (κ3) is 2.37. The first-order chi connectivity index (χ1) is 12.0. The number of benzene rings is 2. The summed E-state index contributed by atoms with van der Waals surface area (Å²) in [5.41, 5.74) is 2.65. The second kappa shape index (κ2) is 5.76. The molecular formula is C19H12Cl2N2O2. The van der Waals surface area contributed by atoms with Crippen molar-refractivity contribution in [1.82, 2.24) is 9.88 Å². The molecule has 4 rings (SSSR count). The standard InChI is InChI=1S/C19H12Cl2N2O2/c1-23-9-12(10-5-2-3-8-14(10)23)16-15(18(24)22-19(16)25)11-6-4-7-13(20)17(11)21/h2-9H,1H3,(H,22,24,25). The third-order valence-electron chi connectivity index (χ3n) is 4.32. The molecule has 2 aromatic carbocycles. The number of halogens is 2. The smallest absolute Gasteiger partial charge is 0.259 e. The van der Waals surface area contributed by atoms with Gasteiger partial charge in [0.1, 0.15) is 0 Å². The molecule has 1 N–H and O–H groups in total. The highest BCUT2D eigenvalue weighted by Crippen LogP contribution is 2.39. The van der Waals surface area contributed by atoms with Crippen molar-refractivity contribution in [1.29, 1.82) is 0 Å². The maximum absolute atomic E-state index is 12.5. The van der Waals surface area contributed by atoms with Crippen LogP contribution in [0.4, 0.5) is 0 Å². The molecule has 2 amide bonds. The Bertz CT molecular complexity index is 1100. The molecule has 0 saturated heterocycles. The Balaban J connectivity index is 2.08. The molecule has 25 heavy (non-hydrogen) atoms. The minimum atomic E-state index is -0.475. The maximum Gasteiger partial charge on any atom is 0.259 e. The van der Waals surface area contributed by atoms with Crippen molar-refractivity contribution in [2.75, 3.05) is 0 Å². The summed E-state index contributed by atoms with van der Waals surface area (Å²) in [5.74, 6) is -0.913. The molecule has 0 radical (unpaired) electrons. The van der Waals surface area contributed by atoms with Crippen molar-refractivity contribution in [2.24, 2.45) is 7.05 Å². The van der Waals surface area contributed by atoms with Crippen molar-refractivity contribution in [3.63, 3.8) is 0 Å². The van der Waals surface area contributed by atoms with Gasteiger partial charge in [0.25, 0.3) is 11.8 Å². The van der Waals surface area contributed by atoms with Gasteiger partial charge in [0.05, 0.1) is 21.2 Å². The van der Waals surface area contributed by atoms with Gasteiger partial charge >= 0.3 is 0 Å². The fourth-order valence-electron chi connectivity index (χ4n) is 3.21. The minimum absolute atomic E-state index is 0.244. The average Bonchev–Trinajstić information content (AvgIpc) is 3.07. The molecule has 0 unspecified atom stereocenters. The second-order valence-corrected chi connectivity index (χ2v) is 6.59. The predicted octanol–water partition coefficient (Wildman–Crippen LogP) is 4.05. The van der Waals surface area contributed by atoms with Gasteiger partial charge in [0, 0.05) is 35.3 Å². The Morgan fingerprint density at radius 2 is 1.56 bits per heavy atom. The summed E-state index contributed by atoms with van der Waals surface area (Å²) < 4.78 is 1.92. The van der Waals surface area contributed by atoms with Gasteiger partial charge in [-0.05, 0) is 12.1 Å². The number of amides is 2. The average molecular weight is 371 g/mol. The number of carbonyl (C=O) groups excluding carboxylic acids is 2. The summed E-state index contributed by atoms with van der Waals surface area (Å²) >= 11 is 12.4. The van der Waals surface area contributed by atoms with Gasteiger partial charge < -0.3 is 4.57 Å². The molecule has 6 heteroatoms. The van der Waals surface area contributed by atoms with E-state index in [2.05, 4.69) is 5.32 Å². The maximum atomic E-state index is 12.5. The normalized spacial score (nSPS) is 14.5. The molecule has 0 fully saturated rings. The number of nitrogens with zero attached hydrogens (tertiary/aromatic N) is 1. The zero-order valence-electron chi connectivity index (χ0n) is 13.1. The molecule has 3 aromatic rings. The van der Waals surface area contributed by atoms with Crippen molar-refractivity contribution in [3.05, 3.63) is 69.8 Å². The number of imide groups is 1. The molecule has 1 aromatic heterocycles. The van der Waals surface area contributed by atoms with Crippen LogP contribution in [0.1, 0.15) is 11.1 Å². The summed E-state index contributed by atoms with van der Waals surface area (Å²) in [5, 5.41) is 3.84. The molecule has 1 aliphatic rings. The number of nitrogens with one attached hydrogen (secondary N) is 1. The molecule has 124 valence electrons. The quantitative estimate of drug-likeness (QED) is 0.691. The molecular weight excluding hydrogens is 359 g/mol. The first-order valence-electron chi connectivity index (χ1n) is 7.58. The van der Waals surface area contributed by atoms with E-state index in [-0.39, 0.29) is 10.6 Å². The zero-order chi connectivity index (χ0) is 17.7. The molecule has 0 atom stereocenters. The first-order valence-corrected chi connectivity index (χ1v) is 8.33. The molecule has 0 aliphatic carbocycles. The summed E-state index contributed by atoms with van der Waals surface area (Å²) in [6.45, 7) is 0. The van der Waals surface area contributed by atoms with E-state index in [1.165, 1.54) is 0 Å². The molecule has 0 spiro atoms. The van der Waals surface area contributed by atoms with Gasteiger partial charge in [0.2, 0.25) is 0 Å². The fourth-order valence-corrected chi connectivity index (χ4v) is 3.60. The van der Waals surface area contributed by atoms with Crippen LogP contribution in [0.25, 0.3) is 22.0 Å². The predicted molar refractivity (Wildman–Crippen MR) is 99.3 cm³/mol. The van der Waals surface area contributed by atoms with E-state index in [0.29, 0.717) is 21.7 Å². The monoisotopic (exact) mass is 370 g/mol. The van der Waals surface area contributed by atoms with Crippen LogP contribution >= 0.6 is 23.2 Å². The van der Waals surface area contributed by atoms with E-state index < -0.39 is 11.8 Å². The van der Waals surface area contributed by atoms with E-state index >= 15 is 0 Å². The Kier molecular flexibility index (Phi) is 3.67. The lowest BCUT2D eigenvalue weighted by Gasteiger charge is -2.07. The Labute approximate surface area is 153 Å². The second-order valence-electron chi connectivity index (χ2n) is 5.81. The highest BCUT2D eigenvalue weighted by molar-refractivity contribution is 6.52. The Morgan fingerprint density at radius 1 is 0.880 bits per heavy atom. The van der Waals surface area contributed by atoms with Gasteiger partial charge in [-0.25, -0.2) is 0 Å². The van der Waals surface area contributed by atoms with Crippen molar-refractivity contribution in [3.8, 4) is 0 Å². The van der Waals surface area contributed by atoms with Crippen LogP contribution < -0.4 is 5.32 Å². The highest BCUT2D eigenvalue weighted by atomic mass is 35.5. The van der Waals surface area contributed by atoms with Gasteiger partial charge in [-0.3, -0.25) is 14.9 Å².